The summed E-state index contributed by atoms with van der Waals surface area (Å²) in [5.41, 5.74) is 1.66. The van der Waals surface area contributed by atoms with Crippen molar-refractivity contribution in [1.82, 2.24) is 15.2 Å². The molecule has 2 aromatic heterocycles. The van der Waals surface area contributed by atoms with Crippen LogP contribution in [0.3, 0.4) is 0 Å². The van der Waals surface area contributed by atoms with Crippen LogP contribution in [0.1, 0.15) is 5.56 Å². The predicted octanol–water partition coefficient (Wildman–Crippen LogP) is 3.54. The highest BCUT2D eigenvalue weighted by molar-refractivity contribution is 6.30. The Balaban J connectivity index is 1.79. The van der Waals surface area contributed by atoms with E-state index in [-0.39, 0.29) is 6.01 Å². The van der Waals surface area contributed by atoms with Crippen molar-refractivity contribution in [3.8, 4) is 11.5 Å². The van der Waals surface area contributed by atoms with Crippen LogP contribution in [-0.2, 0) is 0 Å². The Morgan fingerprint density at radius 3 is 2.70 bits per heavy atom. The quantitative estimate of drug-likeness (QED) is 0.690. The molecule has 6 heteroatoms. The molecule has 20 heavy (non-hydrogen) atoms. The maximum atomic E-state index is 5.81. The fraction of sp³-hybridized carbons (Fsp3) is 0. The number of halogens is 1. The number of aromatic nitrogens is 3. The fourth-order valence-electron chi connectivity index (χ4n) is 1.55. The SMILES string of the molecule is Clc1ccc(C=Nc2nnc(-c3cccnc3)o2)cc1. The smallest absolute Gasteiger partial charge is 0.342 e. The van der Waals surface area contributed by atoms with Gasteiger partial charge in [0, 0.05) is 23.6 Å². The maximum absolute atomic E-state index is 5.81. The van der Waals surface area contributed by atoms with Crippen LogP contribution in [0.4, 0.5) is 6.01 Å². The number of hydrogen-bond acceptors (Lipinski definition) is 5. The molecular weight excluding hydrogens is 276 g/mol. The second kappa shape index (κ2) is 5.63. The number of pyridine rings is 1. The number of benzene rings is 1. The van der Waals surface area contributed by atoms with Gasteiger partial charge in [-0.25, -0.2) is 4.99 Å². The van der Waals surface area contributed by atoms with Crippen molar-refractivity contribution in [3.63, 3.8) is 0 Å². The summed E-state index contributed by atoms with van der Waals surface area (Å²) >= 11 is 5.81. The average molecular weight is 285 g/mol. The minimum Gasteiger partial charge on any atom is -0.402 e. The van der Waals surface area contributed by atoms with E-state index >= 15 is 0 Å². The minimum atomic E-state index is 0.193. The summed E-state index contributed by atoms with van der Waals surface area (Å²) in [6.07, 6.45) is 4.97. The molecule has 98 valence electrons. The number of nitrogens with zero attached hydrogens (tertiary/aromatic N) is 4. The highest BCUT2D eigenvalue weighted by atomic mass is 35.5. The number of aliphatic imine (C=N–C) groups is 1. The topological polar surface area (TPSA) is 64.2 Å². The van der Waals surface area contributed by atoms with Crippen LogP contribution in [0.5, 0.6) is 0 Å². The van der Waals surface area contributed by atoms with Crippen molar-refractivity contribution in [2.75, 3.05) is 0 Å². The van der Waals surface area contributed by atoms with Gasteiger partial charge in [-0.15, -0.1) is 5.10 Å². The Morgan fingerprint density at radius 1 is 1.10 bits per heavy atom. The Kier molecular flexibility index (Phi) is 3.52. The molecule has 0 aliphatic heterocycles. The summed E-state index contributed by atoms with van der Waals surface area (Å²) in [6.45, 7) is 0. The van der Waals surface area contributed by atoms with Gasteiger partial charge in [0.25, 0.3) is 5.89 Å². The van der Waals surface area contributed by atoms with E-state index in [9.17, 15) is 0 Å². The lowest BCUT2D eigenvalue weighted by molar-refractivity contribution is 0.580. The fourth-order valence-corrected chi connectivity index (χ4v) is 1.68. The van der Waals surface area contributed by atoms with Gasteiger partial charge in [-0.3, -0.25) is 4.98 Å². The van der Waals surface area contributed by atoms with E-state index in [2.05, 4.69) is 20.2 Å². The molecule has 0 bridgehead atoms. The summed E-state index contributed by atoms with van der Waals surface area (Å²) in [6, 6.07) is 11.1. The van der Waals surface area contributed by atoms with Crippen molar-refractivity contribution in [1.29, 1.82) is 0 Å². The van der Waals surface area contributed by atoms with Gasteiger partial charge in [0.1, 0.15) is 0 Å². The molecule has 0 unspecified atom stereocenters. The highest BCUT2D eigenvalue weighted by Gasteiger charge is 2.06. The predicted molar refractivity (Wildman–Crippen MR) is 76.2 cm³/mol. The first-order valence-corrected chi connectivity index (χ1v) is 6.22. The van der Waals surface area contributed by atoms with Crippen LogP contribution in [0.25, 0.3) is 11.5 Å². The van der Waals surface area contributed by atoms with E-state index in [0.29, 0.717) is 10.9 Å². The monoisotopic (exact) mass is 284 g/mol. The highest BCUT2D eigenvalue weighted by Crippen LogP contribution is 2.19. The van der Waals surface area contributed by atoms with E-state index < -0.39 is 0 Å². The minimum absolute atomic E-state index is 0.193. The van der Waals surface area contributed by atoms with Crippen LogP contribution in [0.15, 0.2) is 58.2 Å². The lowest BCUT2D eigenvalue weighted by Crippen LogP contribution is -1.78. The lowest BCUT2D eigenvalue weighted by atomic mass is 10.2. The first-order chi connectivity index (χ1) is 9.81. The van der Waals surface area contributed by atoms with Gasteiger partial charge in [-0.1, -0.05) is 28.8 Å². The van der Waals surface area contributed by atoms with Gasteiger partial charge in [-0.05, 0) is 29.8 Å². The number of hydrogen-bond donors (Lipinski definition) is 0. The third-order valence-corrected chi connectivity index (χ3v) is 2.77. The van der Waals surface area contributed by atoms with Crippen LogP contribution in [0, 0.1) is 0 Å². The number of rotatable bonds is 3. The molecular formula is C14H9ClN4O. The molecule has 0 N–H and O–H groups in total. The van der Waals surface area contributed by atoms with Crippen LogP contribution in [0.2, 0.25) is 5.02 Å². The normalized spacial score (nSPS) is 11.1. The van der Waals surface area contributed by atoms with Gasteiger partial charge in [-0.2, -0.15) is 0 Å². The lowest BCUT2D eigenvalue weighted by Gasteiger charge is -1.92. The van der Waals surface area contributed by atoms with E-state index in [1.807, 2.05) is 18.2 Å². The van der Waals surface area contributed by atoms with Gasteiger partial charge in [0.05, 0.1) is 5.56 Å². The summed E-state index contributed by atoms with van der Waals surface area (Å²) in [5, 5.41) is 8.46. The van der Waals surface area contributed by atoms with Gasteiger partial charge >= 0.3 is 6.01 Å². The molecule has 0 aliphatic rings. The molecule has 1 aromatic carbocycles. The first-order valence-electron chi connectivity index (χ1n) is 5.85. The largest absolute Gasteiger partial charge is 0.402 e. The molecule has 3 aromatic rings. The first kappa shape index (κ1) is 12.5. The summed E-state index contributed by atoms with van der Waals surface area (Å²) in [4.78, 5) is 8.12. The van der Waals surface area contributed by atoms with Gasteiger partial charge < -0.3 is 4.42 Å². The zero-order chi connectivity index (χ0) is 13.8. The Labute approximate surface area is 120 Å². The molecule has 5 nitrogen and oxygen atoms in total. The van der Waals surface area contributed by atoms with Crippen molar-refractivity contribution in [2.45, 2.75) is 0 Å². The van der Waals surface area contributed by atoms with Crippen molar-refractivity contribution >= 4 is 23.8 Å². The standard InChI is InChI=1S/C14H9ClN4O/c15-12-5-3-10(4-6-12)8-17-14-19-18-13(20-14)11-2-1-7-16-9-11/h1-9H. The molecule has 0 saturated carbocycles. The third kappa shape index (κ3) is 2.89. The van der Waals surface area contributed by atoms with Gasteiger partial charge in [0.2, 0.25) is 0 Å². The van der Waals surface area contributed by atoms with E-state index in [1.54, 1.807) is 36.8 Å². The maximum Gasteiger partial charge on any atom is 0.342 e. The second-order valence-corrected chi connectivity index (χ2v) is 4.38. The van der Waals surface area contributed by atoms with Crippen molar-refractivity contribution in [3.05, 3.63) is 59.4 Å². The molecule has 0 radical (unpaired) electrons. The van der Waals surface area contributed by atoms with Crippen molar-refractivity contribution in [2.24, 2.45) is 4.99 Å². The zero-order valence-corrected chi connectivity index (χ0v) is 11.0. The third-order valence-electron chi connectivity index (χ3n) is 2.52. The second-order valence-electron chi connectivity index (χ2n) is 3.94. The molecule has 3 rings (SSSR count). The van der Waals surface area contributed by atoms with E-state index in [1.165, 1.54) is 0 Å². The van der Waals surface area contributed by atoms with Crippen LogP contribution >= 0.6 is 11.6 Å². The summed E-state index contributed by atoms with van der Waals surface area (Å²) in [7, 11) is 0. The Bertz CT molecular complexity index is 722. The molecule has 0 aliphatic carbocycles. The molecule has 0 fully saturated rings. The molecule has 0 saturated heterocycles. The average Bonchev–Trinajstić information content (AvgIpc) is 2.97. The van der Waals surface area contributed by atoms with E-state index in [0.717, 1.165) is 11.1 Å². The van der Waals surface area contributed by atoms with Gasteiger partial charge in [0.15, 0.2) is 0 Å². The van der Waals surface area contributed by atoms with Crippen molar-refractivity contribution < 1.29 is 4.42 Å². The Morgan fingerprint density at radius 2 is 1.95 bits per heavy atom. The molecule has 0 spiro atoms. The molecule has 0 amide bonds. The summed E-state index contributed by atoms with van der Waals surface area (Å²) < 4.78 is 5.43. The summed E-state index contributed by atoms with van der Waals surface area (Å²) in [5.74, 6) is 0.390. The molecule has 2 heterocycles. The van der Waals surface area contributed by atoms with Crippen LogP contribution < -0.4 is 0 Å². The molecule has 0 atom stereocenters. The van der Waals surface area contributed by atoms with E-state index in [4.69, 9.17) is 16.0 Å². The Hall–Kier alpha value is -2.53. The van der Waals surface area contributed by atoms with Crippen LogP contribution in [-0.4, -0.2) is 21.4 Å². The zero-order valence-electron chi connectivity index (χ0n) is 10.3.